The van der Waals surface area contributed by atoms with Crippen LogP contribution < -0.4 is 5.56 Å². The number of nitrogens with one attached hydrogen (secondary N) is 1. The summed E-state index contributed by atoms with van der Waals surface area (Å²) in [4.78, 5) is 13.6. The Morgan fingerprint density at radius 3 is 2.62 bits per heavy atom. The topological polar surface area (TPSA) is 75.2 Å². The second-order valence-corrected chi connectivity index (χ2v) is 7.12. The van der Waals surface area contributed by atoms with E-state index in [1.807, 2.05) is 26.0 Å². The first-order valence-corrected chi connectivity index (χ1v) is 8.22. The molecular formula is C14H17N3O3S. The Bertz CT molecular complexity index is 815. The van der Waals surface area contributed by atoms with Crippen LogP contribution in [0.5, 0.6) is 0 Å². The lowest BCUT2D eigenvalue weighted by molar-refractivity contribution is 0.280. The molecule has 1 N–H and O–H groups in total. The normalized spacial score (nSPS) is 19.4. The van der Waals surface area contributed by atoms with E-state index < -0.39 is 10.0 Å². The van der Waals surface area contributed by atoms with Crippen molar-refractivity contribution in [2.45, 2.75) is 31.3 Å². The lowest BCUT2D eigenvalue weighted by Crippen LogP contribution is -2.41. The van der Waals surface area contributed by atoms with Crippen LogP contribution in [0.15, 0.2) is 40.2 Å². The van der Waals surface area contributed by atoms with Crippen molar-refractivity contribution in [3.63, 3.8) is 0 Å². The van der Waals surface area contributed by atoms with E-state index in [9.17, 15) is 13.2 Å². The molecule has 0 aromatic carbocycles. The number of aromatic amines is 1. The standard InChI is InChI=1S/C14H17N3O3S/c1-10-3-5-13-11(2)17(8-7-16(10)13)21(19,20)12-4-6-14(18)15-9-12/h3-6,9,11H,7-8H2,1-2H3,(H,15,18). The van der Waals surface area contributed by atoms with E-state index in [0.29, 0.717) is 13.1 Å². The predicted octanol–water partition coefficient (Wildman–Crippen LogP) is 1.25. The van der Waals surface area contributed by atoms with Gasteiger partial charge in [0, 0.05) is 36.7 Å². The first kappa shape index (κ1) is 14.1. The molecule has 1 aliphatic rings. The second kappa shape index (κ2) is 4.85. The van der Waals surface area contributed by atoms with Gasteiger partial charge in [0.25, 0.3) is 0 Å². The van der Waals surface area contributed by atoms with Crippen LogP contribution in [0, 0.1) is 6.92 Å². The van der Waals surface area contributed by atoms with E-state index in [1.165, 1.54) is 22.6 Å². The molecule has 7 heteroatoms. The number of hydrogen-bond donors (Lipinski definition) is 1. The van der Waals surface area contributed by atoms with Crippen LogP contribution in [0.2, 0.25) is 0 Å². The number of sulfonamides is 1. The average molecular weight is 307 g/mol. The van der Waals surface area contributed by atoms with Crippen molar-refractivity contribution in [3.8, 4) is 0 Å². The predicted molar refractivity (Wildman–Crippen MR) is 78.5 cm³/mol. The van der Waals surface area contributed by atoms with Gasteiger partial charge >= 0.3 is 0 Å². The zero-order valence-corrected chi connectivity index (χ0v) is 12.7. The van der Waals surface area contributed by atoms with Crippen LogP contribution in [-0.4, -0.2) is 28.8 Å². The summed E-state index contributed by atoms with van der Waals surface area (Å²) in [5.74, 6) is 0. The number of aryl methyl sites for hydroxylation is 1. The molecule has 2 aromatic heterocycles. The third kappa shape index (κ3) is 2.22. The molecule has 0 aliphatic carbocycles. The van der Waals surface area contributed by atoms with E-state index in [-0.39, 0.29) is 16.5 Å². The molecule has 112 valence electrons. The minimum Gasteiger partial charge on any atom is -0.346 e. The number of fused-ring (bicyclic) bond motifs is 1. The molecule has 0 amide bonds. The van der Waals surface area contributed by atoms with Crippen LogP contribution in [0.4, 0.5) is 0 Å². The van der Waals surface area contributed by atoms with Crippen LogP contribution in [0.1, 0.15) is 24.4 Å². The van der Waals surface area contributed by atoms with Gasteiger partial charge in [-0.2, -0.15) is 4.31 Å². The van der Waals surface area contributed by atoms with Crippen LogP contribution in [-0.2, 0) is 16.6 Å². The summed E-state index contributed by atoms with van der Waals surface area (Å²) < 4.78 is 29.1. The van der Waals surface area contributed by atoms with Gasteiger partial charge in [0.05, 0.1) is 10.9 Å². The van der Waals surface area contributed by atoms with E-state index in [2.05, 4.69) is 9.55 Å². The molecule has 0 fully saturated rings. The second-order valence-electron chi connectivity index (χ2n) is 5.23. The van der Waals surface area contributed by atoms with Crippen molar-refractivity contribution in [1.82, 2.24) is 13.9 Å². The third-order valence-electron chi connectivity index (χ3n) is 4.00. The Morgan fingerprint density at radius 1 is 1.19 bits per heavy atom. The van der Waals surface area contributed by atoms with Gasteiger partial charge in [-0.1, -0.05) is 0 Å². The van der Waals surface area contributed by atoms with E-state index in [4.69, 9.17) is 0 Å². The maximum atomic E-state index is 12.7. The fraction of sp³-hybridized carbons (Fsp3) is 0.357. The molecule has 1 atom stereocenters. The van der Waals surface area contributed by atoms with Crippen molar-refractivity contribution in [2.75, 3.05) is 6.54 Å². The molecule has 0 saturated heterocycles. The van der Waals surface area contributed by atoms with E-state index >= 15 is 0 Å². The molecule has 3 rings (SSSR count). The minimum atomic E-state index is -3.61. The Hall–Kier alpha value is -1.86. The largest absolute Gasteiger partial charge is 0.346 e. The molecule has 0 bridgehead atoms. The first-order valence-electron chi connectivity index (χ1n) is 6.78. The van der Waals surface area contributed by atoms with Gasteiger partial charge in [-0.15, -0.1) is 0 Å². The van der Waals surface area contributed by atoms with Crippen molar-refractivity contribution in [3.05, 3.63) is 52.2 Å². The maximum absolute atomic E-state index is 12.7. The zero-order valence-electron chi connectivity index (χ0n) is 11.9. The van der Waals surface area contributed by atoms with Gasteiger partial charge in [0.15, 0.2) is 0 Å². The molecular weight excluding hydrogens is 290 g/mol. The number of aromatic nitrogens is 2. The molecule has 2 aromatic rings. The summed E-state index contributed by atoms with van der Waals surface area (Å²) in [6.45, 7) is 4.96. The zero-order chi connectivity index (χ0) is 15.2. The van der Waals surface area contributed by atoms with E-state index in [0.717, 1.165) is 11.4 Å². The molecule has 0 spiro atoms. The maximum Gasteiger partial charge on any atom is 0.247 e. The molecule has 0 saturated carbocycles. The van der Waals surface area contributed by atoms with Crippen molar-refractivity contribution < 1.29 is 8.42 Å². The van der Waals surface area contributed by atoms with Gasteiger partial charge in [0.2, 0.25) is 15.6 Å². The molecule has 3 heterocycles. The SMILES string of the molecule is Cc1ccc2n1CCN(S(=O)(=O)c1ccc(=O)[nH]c1)C2C. The lowest BCUT2D eigenvalue weighted by atomic mass is 10.2. The molecule has 6 nitrogen and oxygen atoms in total. The van der Waals surface area contributed by atoms with Gasteiger partial charge in [-0.25, -0.2) is 8.42 Å². The molecule has 1 aliphatic heterocycles. The smallest absolute Gasteiger partial charge is 0.247 e. The summed E-state index contributed by atoms with van der Waals surface area (Å²) in [6, 6.07) is 6.31. The minimum absolute atomic E-state index is 0.116. The summed E-state index contributed by atoms with van der Waals surface area (Å²) in [6.07, 6.45) is 1.25. The van der Waals surface area contributed by atoms with Crippen molar-refractivity contribution in [2.24, 2.45) is 0 Å². The van der Waals surface area contributed by atoms with Crippen LogP contribution in [0.25, 0.3) is 0 Å². The van der Waals surface area contributed by atoms with Crippen LogP contribution >= 0.6 is 0 Å². The average Bonchev–Trinajstić information content (AvgIpc) is 2.82. The highest BCUT2D eigenvalue weighted by atomic mass is 32.2. The number of rotatable bonds is 2. The number of hydrogen-bond acceptors (Lipinski definition) is 3. The number of pyridine rings is 1. The highest BCUT2D eigenvalue weighted by Crippen LogP contribution is 2.31. The summed E-state index contributed by atoms with van der Waals surface area (Å²) in [5.41, 5.74) is 1.81. The summed E-state index contributed by atoms with van der Waals surface area (Å²) >= 11 is 0. The summed E-state index contributed by atoms with van der Waals surface area (Å²) in [5, 5.41) is 0. The monoisotopic (exact) mass is 307 g/mol. The Labute approximate surface area is 123 Å². The highest BCUT2D eigenvalue weighted by Gasteiger charge is 2.34. The molecule has 0 radical (unpaired) electrons. The number of nitrogens with zero attached hydrogens (tertiary/aromatic N) is 2. The fourth-order valence-electron chi connectivity index (χ4n) is 2.82. The van der Waals surface area contributed by atoms with Crippen molar-refractivity contribution in [1.29, 1.82) is 0 Å². The number of H-pyrrole nitrogens is 1. The van der Waals surface area contributed by atoms with Crippen LogP contribution in [0.3, 0.4) is 0 Å². The highest BCUT2D eigenvalue weighted by molar-refractivity contribution is 7.89. The van der Waals surface area contributed by atoms with E-state index in [1.54, 1.807) is 0 Å². The third-order valence-corrected chi connectivity index (χ3v) is 5.96. The Kier molecular flexibility index (Phi) is 3.26. The Balaban J connectivity index is 2.01. The lowest BCUT2D eigenvalue weighted by Gasteiger charge is -2.34. The van der Waals surface area contributed by atoms with Gasteiger partial charge in [-0.05, 0) is 32.0 Å². The van der Waals surface area contributed by atoms with Gasteiger partial charge < -0.3 is 9.55 Å². The van der Waals surface area contributed by atoms with Gasteiger partial charge in [0.1, 0.15) is 0 Å². The first-order chi connectivity index (χ1) is 9.91. The van der Waals surface area contributed by atoms with Crippen molar-refractivity contribution >= 4 is 10.0 Å². The quantitative estimate of drug-likeness (QED) is 0.907. The Morgan fingerprint density at radius 2 is 1.95 bits per heavy atom. The fourth-order valence-corrected chi connectivity index (χ4v) is 4.38. The molecule has 1 unspecified atom stereocenters. The van der Waals surface area contributed by atoms with Gasteiger partial charge in [-0.3, -0.25) is 4.79 Å². The summed E-state index contributed by atoms with van der Waals surface area (Å²) in [7, 11) is -3.61. The molecule has 21 heavy (non-hydrogen) atoms.